The van der Waals surface area contributed by atoms with Crippen LogP contribution in [0.2, 0.25) is 0 Å². The summed E-state index contributed by atoms with van der Waals surface area (Å²) in [5, 5.41) is 13.0. The van der Waals surface area contributed by atoms with Crippen molar-refractivity contribution in [3.05, 3.63) is 70.4 Å². The van der Waals surface area contributed by atoms with E-state index in [-0.39, 0.29) is 17.4 Å². The van der Waals surface area contributed by atoms with Gasteiger partial charge >= 0.3 is 0 Å². The summed E-state index contributed by atoms with van der Waals surface area (Å²) in [4.78, 5) is 25.3. The van der Waals surface area contributed by atoms with Crippen LogP contribution in [-0.2, 0) is 4.79 Å². The number of hydrogen-bond acceptors (Lipinski definition) is 4. The van der Waals surface area contributed by atoms with Gasteiger partial charge in [-0.3, -0.25) is 14.9 Å². The molecule has 0 aliphatic carbocycles. The maximum absolute atomic E-state index is 11.6. The van der Waals surface area contributed by atoms with Crippen molar-refractivity contribution in [2.45, 2.75) is 0 Å². The molecule has 0 fully saturated rings. The van der Waals surface area contributed by atoms with E-state index in [2.05, 4.69) is 10.3 Å². The first kappa shape index (κ1) is 13.4. The maximum Gasteiger partial charge on any atom is 0.287 e. The minimum absolute atomic E-state index is 0.122. The molecule has 1 amide bonds. The predicted molar refractivity (Wildman–Crippen MR) is 75.0 cm³/mol. The highest BCUT2D eigenvalue weighted by Crippen LogP contribution is 2.11. The average Bonchev–Trinajstić information content (AvgIpc) is 2.47. The Morgan fingerprint density at radius 3 is 2.55 bits per heavy atom. The number of nitrogens with one attached hydrogen (secondary N) is 1. The number of anilines is 1. The first-order valence-electron chi connectivity index (χ1n) is 5.80. The van der Waals surface area contributed by atoms with Gasteiger partial charge in [0.25, 0.3) is 5.69 Å². The normalized spacial score (nSPS) is 10.4. The van der Waals surface area contributed by atoms with E-state index >= 15 is 0 Å². The van der Waals surface area contributed by atoms with Gasteiger partial charge in [-0.1, -0.05) is 30.3 Å². The van der Waals surface area contributed by atoms with Gasteiger partial charge in [0.15, 0.2) is 0 Å². The molecule has 1 heterocycles. The Bertz CT molecular complexity index is 636. The molecule has 100 valence electrons. The van der Waals surface area contributed by atoms with E-state index in [1.54, 1.807) is 6.08 Å². The van der Waals surface area contributed by atoms with E-state index in [4.69, 9.17) is 0 Å². The Hall–Kier alpha value is -3.02. The van der Waals surface area contributed by atoms with E-state index in [9.17, 15) is 14.9 Å². The zero-order valence-corrected chi connectivity index (χ0v) is 10.4. The molecule has 0 spiro atoms. The van der Waals surface area contributed by atoms with Crippen molar-refractivity contribution in [2.24, 2.45) is 0 Å². The fourth-order valence-corrected chi connectivity index (χ4v) is 1.47. The molecule has 2 rings (SSSR count). The number of rotatable bonds is 4. The Labute approximate surface area is 114 Å². The second-order valence-corrected chi connectivity index (χ2v) is 3.89. The van der Waals surface area contributed by atoms with Crippen LogP contribution < -0.4 is 5.32 Å². The first-order valence-corrected chi connectivity index (χ1v) is 5.80. The summed E-state index contributed by atoms with van der Waals surface area (Å²) in [6, 6.07) is 12.0. The minimum atomic E-state index is -0.548. The summed E-state index contributed by atoms with van der Waals surface area (Å²) in [5.74, 6) is -0.0893. The first-order chi connectivity index (χ1) is 9.65. The lowest BCUT2D eigenvalue weighted by molar-refractivity contribution is -0.385. The summed E-state index contributed by atoms with van der Waals surface area (Å²) >= 11 is 0. The number of nitro groups is 1. The Morgan fingerprint density at radius 1 is 1.20 bits per heavy atom. The van der Waals surface area contributed by atoms with Gasteiger partial charge in [-0.2, -0.15) is 0 Å². The Balaban J connectivity index is 1.98. The Kier molecular flexibility index (Phi) is 4.18. The van der Waals surface area contributed by atoms with Crippen LogP contribution >= 0.6 is 0 Å². The van der Waals surface area contributed by atoms with Crippen LogP contribution in [0.15, 0.2) is 54.7 Å². The van der Waals surface area contributed by atoms with Crippen LogP contribution in [0.4, 0.5) is 11.5 Å². The molecular weight excluding hydrogens is 258 g/mol. The summed E-state index contributed by atoms with van der Waals surface area (Å²) < 4.78 is 0. The fraction of sp³-hybridized carbons (Fsp3) is 0. The summed E-state index contributed by atoms with van der Waals surface area (Å²) in [7, 11) is 0. The van der Waals surface area contributed by atoms with Crippen LogP contribution in [-0.4, -0.2) is 15.8 Å². The molecule has 0 aliphatic rings. The number of benzene rings is 1. The standard InChI is InChI=1S/C14H11N3O3/c18-14(9-6-11-4-2-1-3-5-11)16-13-8-7-12(10-15-13)17(19)20/h1-10H,(H,15,16,18). The lowest BCUT2D eigenvalue weighted by Gasteiger charge is -2.00. The maximum atomic E-state index is 11.6. The minimum Gasteiger partial charge on any atom is -0.307 e. The molecule has 1 aromatic heterocycles. The van der Waals surface area contributed by atoms with Gasteiger partial charge in [0.05, 0.1) is 4.92 Å². The molecular formula is C14H11N3O3. The summed E-state index contributed by atoms with van der Waals surface area (Å²) in [6.45, 7) is 0. The molecule has 0 unspecified atom stereocenters. The van der Waals surface area contributed by atoms with Crippen molar-refractivity contribution in [1.82, 2.24) is 4.98 Å². The van der Waals surface area contributed by atoms with Gasteiger partial charge in [-0.25, -0.2) is 4.98 Å². The average molecular weight is 269 g/mol. The van der Waals surface area contributed by atoms with E-state index in [1.807, 2.05) is 30.3 Å². The highest BCUT2D eigenvalue weighted by Gasteiger charge is 2.06. The molecule has 6 heteroatoms. The van der Waals surface area contributed by atoms with Crippen LogP contribution in [0.3, 0.4) is 0 Å². The monoisotopic (exact) mass is 269 g/mol. The molecule has 0 aliphatic heterocycles. The summed E-state index contributed by atoms with van der Waals surface area (Å²) in [5.41, 5.74) is 0.780. The number of carbonyl (C=O) groups excluding carboxylic acids is 1. The number of hydrogen-bond donors (Lipinski definition) is 1. The van der Waals surface area contributed by atoms with Crippen molar-refractivity contribution in [3.63, 3.8) is 0 Å². The van der Waals surface area contributed by atoms with Gasteiger partial charge in [0, 0.05) is 12.1 Å². The van der Waals surface area contributed by atoms with Crippen LogP contribution in [0.1, 0.15) is 5.56 Å². The lowest BCUT2D eigenvalue weighted by atomic mass is 10.2. The van der Waals surface area contributed by atoms with E-state index in [0.717, 1.165) is 11.8 Å². The smallest absolute Gasteiger partial charge is 0.287 e. The number of pyridine rings is 1. The molecule has 0 radical (unpaired) electrons. The largest absolute Gasteiger partial charge is 0.307 e. The van der Waals surface area contributed by atoms with Crippen molar-refractivity contribution in [2.75, 3.05) is 5.32 Å². The number of nitrogens with zero attached hydrogens (tertiary/aromatic N) is 2. The molecule has 6 nitrogen and oxygen atoms in total. The van der Waals surface area contributed by atoms with Gasteiger partial charge in [-0.05, 0) is 17.7 Å². The van der Waals surface area contributed by atoms with Crippen LogP contribution in [0.5, 0.6) is 0 Å². The van der Waals surface area contributed by atoms with Crippen molar-refractivity contribution >= 4 is 23.5 Å². The van der Waals surface area contributed by atoms with Gasteiger partial charge in [-0.15, -0.1) is 0 Å². The number of aromatic nitrogens is 1. The van der Waals surface area contributed by atoms with Crippen molar-refractivity contribution < 1.29 is 9.72 Å². The number of amides is 1. The highest BCUT2D eigenvalue weighted by atomic mass is 16.6. The van der Waals surface area contributed by atoms with Crippen molar-refractivity contribution in [3.8, 4) is 0 Å². The van der Waals surface area contributed by atoms with Gasteiger partial charge in [0.2, 0.25) is 5.91 Å². The van der Waals surface area contributed by atoms with E-state index in [1.165, 1.54) is 18.2 Å². The van der Waals surface area contributed by atoms with E-state index in [0.29, 0.717) is 0 Å². The third-order valence-electron chi connectivity index (χ3n) is 2.44. The zero-order valence-electron chi connectivity index (χ0n) is 10.4. The third kappa shape index (κ3) is 3.74. The van der Waals surface area contributed by atoms with Crippen LogP contribution in [0, 0.1) is 10.1 Å². The Morgan fingerprint density at radius 2 is 1.95 bits per heavy atom. The zero-order chi connectivity index (χ0) is 14.4. The molecule has 0 bridgehead atoms. The lowest BCUT2D eigenvalue weighted by Crippen LogP contribution is -2.09. The predicted octanol–water partition coefficient (Wildman–Crippen LogP) is 2.64. The molecule has 20 heavy (non-hydrogen) atoms. The topological polar surface area (TPSA) is 85.1 Å². The quantitative estimate of drug-likeness (QED) is 0.525. The molecule has 1 N–H and O–H groups in total. The molecule has 0 atom stereocenters. The summed E-state index contributed by atoms with van der Waals surface area (Å²) in [6.07, 6.45) is 4.13. The SMILES string of the molecule is O=C(C=Cc1ccccc1)Nc1ccc([N+](=O)[O-])cn1. The molecule has 0 saturated carbocycles. The highest BCUT2D eigenvalue weighted by molar-refractivity contribution is 6.01. The van der Waals surface area contributed by atoms with E-state index < -0.39 is 4.92 Å². The fourth-order valence-electron chi connectivity index (χ4n) is 1.47. The second-order valence-electron chi connectivity index (χ2n) is 3.89. The van der Waals surface area contributed by atoms with Crippen LogP contribution in [0.25, 0.3) is 6.08 Å². The molecule has 2 aromatic rings. The second kappa shape index (κ2) is 6.24. The van der Waals surface area contributed by atoms with Gasteiger partial charge < -0.3 is 5.32 Å². The van der Waals surface area contributed by atoms with Crippen molar-refractivity contribution in [1.29, 1.82) is 0 Å². The van der Waals surface area contributed by atoms with Gasteiger partial charge in [0.1, 0.15) is 12.0 Å². The molecule has 1 aromatic carbocycles. The molecule has 0 saturated heterocycles. The number of carbonyl (C=O) groups is 1. The third-order valence-corrected chi connectivity index (χ3v) is 2.44.